The van der Waals surface area contributed by atoms with E-state index >= 15 is 0 Å². The topological polar surface area (TPSA) is 78.1 Å². The van der Waals surface area contributed by atoms with E-state index in [4.69, 9.17) is 10.5 Å². The summed E-state index contributed by atoms with van der Waals surface area (Å²) in [4.78, 5) is 19.7. The number of nitrogens with zero attached hydrogens (tertiary/aromatic N) is 2. The molecule has 0 atom stereocenters. The normalized spacial score (nSPS) is 10.6. The standard InChI is InChI=1S/C16H12FN3O2/c1-22-13-7-6-10(9-4-2-3-5-11(9)17)14-15(13)20-12(8-19-14)16(18)21/h2-8H,1H3,(H2,18,21). The largest absolute Gasteiger partial charge is 0.494 e. The number of benzene rings is 2. The number of rotatable bonds is 3. The molecule has 0 aliphatic rings. The summed E-state index contributed by atoms with van der Waals surface area (Å²) in [6.07, 6.45) is 1.27. The second-order valence-corrected chi connectivity index (χ2v) is 4.61. The lowest BCUT2D eigenvalue weighted by Gasteiger charge is -2.10. The monoisotopic (exact) mass is 297 g/mol. The molecule has 0 aliphatic carbocycles. The van der Waals surface area contributed by atoms with Crippen LogP contribution in [0.4, 0.5) is 4.39 Å². The van der Waals surface area contributed by atoms with E-state index in [1.54, 1.807) is 30.3 Å². The van der Waals surface area contributed by atoms with Crippen molar-refractivity contribution in [1.82, 2.24) is 9.97 Å². The van der Waals surface area contributed by atoms with Crippen molar-refractivity contribution in [2.75, 3.05) is 7.11 Å². The number of hydrogen-bond acceptors (Lipinski definition) is 4. The van der Waals surface area contributed by atoms with Crippen LogP contribution in [0.3, 0.4) is 0 Å². The average Bonchev–Trinajstić information content (AvgIpc) is 2.54. The molecule has 0 aliphatic heterocycles. The molecule has 6 heteroatoms. The molecular formula is C16H12FN3O2. The summed E-state index contributed by atoms with van der Waals surface area (Å²) in [6, 6.07) is 9.74. The van der Waals surface area contributed by atoms with Gasteiger partial charge in [-0.15, -0.1) is 0 Å². The van der Waals surface area contributed by atoms with Crippen molar-refractivity contribution < 1.29 is 13.9 Å². The number of ether oxygens (including phenoxy) is 1. The highest BCUT2D eigenvalue weighted by atomic mass is 19.1. The first-order chi connectivity index (χ1) is 10.6. The quantitative estimate of drug-likeness (QED) is 0.806. The van der Waals surface area contributed by atoms with Crippen LogP contribution in [0, 0.1) is 5.82 Å². The Morgan fingerprint density at radius 2 is 1.91 bits per heavy atom. The zero-order valence-corrected chi connectivity index (χ0v) is 11.7. The molecule has 0 bridgehead atoms. The SMILES string of the molecule is COc1ccc(-c2ccccc2F)c2ncc(C(N)=O)nc12. The number of aromatic nitrogens is 2. The zero-order valence-electron chi connectivity index (χ0n) is 11.7. The average molecular weight is 297 g/mol. The second-order valence-electron chi connectivity index (χ2n) is 4.61. The Balaban J connectivity index is 2.34. The van der Waals surface area contributed by atoms with Gasteiger partial charge in [0.1, 0.15) is 28.3 Å². The summed E-state index contributed by atoms with van der Waals surface area (Å²) in [5.41, 5.74) is 7.02. The fourth-order valence-corrected chi connectivity index (χ4v) is 2.26. The van der Waals surface area contributed by atoms with E-state index in [0.717, 1.165) is 0 Å². The van der Waals surface area contributed by atoms with Crippen LogP contribution in [0.25, 0.3) is 22.2 Å². The first-order valence-corrected chi connectivity index (χ1v) is 6.50. The Morgan fingerprint density at radius 3 is 2.59 bits per heavy atom. The molecular weight excluding hydrogens is 285 g/mol. The fourth-order valence-electron chi connectivity index (χ4n) is 2.26. The van der Waals surface area contributed by atoms with E-state index in [2.05, 4.69) is 9.97 Å². The van der Waals surface area contributed by atoms with Crippen LogP contribution in [0.5, 0.6) is 5.75 Å². The first kappa shape index (κ1) is 13.9. The van der Waals surface area contributed by atoms with E-state index in [1.165, 1.54) is 19.4 Å². The van der Waals surface area contributed by atoms with Crippen molar-refractivity contribution in [3.05, 3.63) is 54.1 Å². The van der Waals surface area contributed by atoms with Crippen molar-refractivity contribution in [2.45, 2.75) is 0 Å². The van der Waals surface area contributed by atoms with Gasteiger partial charge in [0, 0.05) is 11.1 Å². The van der Waals surface area contributed by atoms with Gasteiger partial charge in [0.05, 0.1) is 13.3 Å². The maximum atomic E-state index is 14.0. The van der Waals surface area contributed by atoms with Crippen LogP contribution in [0.15, 0.2) is 42.6 Å². The summed E-state index contributed by atoms with van der Waals surface area (Å²) in [5.74, 6) is -0.617. The maximum Gasteiger partial charge on any atom is 0.268 e. The van der Waals surface area contributed by atoms with E-state index in [-0.39, 0.29) is 11.5 Å². The number of fused-ring (bicyclic) bond motifs is 1. The lowest BCUT2D eigenvalue weighted by atomic mass is 10.0. The number of carbonyl (C=O) groups excluding carboxylic acids is 1. The van der Waals surface area contributed by atoms with Crippen LogP contribution in [0.2, 0.25) is 0 Å². The van der Waals surface area contributed by atoms with Gasteiger partial charge in [-0.05, 0) is 18.2 Å². The molecule has 3 aromatic rings. The maximum absolute atomic E-state index is 14.0. The van der Waals surface area contributed by atoms with E-state index in [9.17, 15) is 9.18 Å². The molecule has 1 aromatic heterocycles. The molecule has 0 unspecified atom stereocenters. The number of amides is 1. The van der Waals surface area contributed by atoms with Crippen molar-refractivity contribution in [2.24, 2.45) is 5.73 Å². The molecule has 2 N–H and O–H groups in total. The number of hydrogen-bond donors (Lipinski definition) is 1. The number of halogens is 1. The molecule has 3 rings (SSSR count). The van der Waals surface area contributed by atoms with Crippen LogP contribution in [-0.2, 0) is 0 Å². The first-order valence-electron chi connectivity index (χ1n) is 6.50. The van der Waals surface area contributed by atoms with E-state index in [0.29, 0.717) is 27.9 Å². The molecule has 1 amide bonds. The lowest BCUT2D eigenvalue weighted by molar-refractivity contribution is 0.0995. The van der Waals surface area contributed by atoms with Gasteiger partial charge in [-0.25, -0.2) is 9.37 Å². The molecule has 0 radical (unpaired) electrons. The molecule has 0 spiro atoms. The molecule has 0 fully saturated rings. The Kier molecular flexibility index (Phi) is 3.42. The fraction of sp³-hybridized carbons (Fsp3) is 0.0625. The van der Waals surface area contributed by atoms with Gasteiger partial charge >= 0.3 is 0 Å². The highest BCUT2D eigenvalue weighted by Gasteiger charge is 2.15. The van der Waals surface area contributed by atoms with Crippen molar-refractivity contribution >= 4 is 16.9 Å². The Bertz CT molecular complexity index is 880. The molecule has 0 saturated carbocycles. The number of primary amides is 1. The van der Waals surface area contributed by atoms with Crippen molar-refractivity contribution in [1.29, 1.82) is 0 Å². The van der Waals surface area contributed by atoms with Gasteiger partial charge in [-0.2, -0.15) is 0 Å². The third kappa shape index (κ3) is 2.24. The Labute approximate surface area is 125 Å². The summed E-state index contributed by atoms with van der Waals surface area (Å²) in [7, 11) is 1.48. The van der Waals surface area contributed by atoms with Gasteiger partial charge in [0.25, 0.3) is 5.91 Å². The molecule has 0 saturated heterocycles. The van der Waals surface area contributed by atoms with Crippen LogP contribution < -0.4 is 10.5 Å². The van der Waals surface area contributed by atoms with Gasteiger partial charge in [0.15, 0.2) is 0 Å². The number of methoxy groups -OCH3 is 1. The van der Waals surface area contributed by atoms with Crippen molar-refractivity contribution in [3.63, 3.8) is 0 Å². The number of carbonyl (C=O) groups is 1. The molecule has 2 aromatic carbocycles. The summed E-state index contributed by atoms with van der Waals surface area (Å²) < 4.78 is 19.3. The Morgan fingerprint density at radius 1 is 1.14 bits per heavy atom. The van der Waals surface area contributed by atoms with Gasteiger partial charge in [0.2, 0.25) is 0 Å². The molecule has 1 heterocycles. The minimum absolute atomic E-state index is 0.0245. The predicted octanol–water partition coefficient (Wildman–Crippen LogP) is 2.54. The molecule has 110 valence electrons. The molecule has 5 nitrogen and oxygen atoms in total. The predicted molar refractivity (Wildman–Crippen MR) is 80.0 cm³/mol. The van der Waals surface area contributed by atoms with Crippen LogP contribution in [-0.4, -0.2) is 23.0 Å². The smallest absolute Gasteiger partial charge is 0.268 e. The van der Waals surface area contributed by atoms with Crippen LogP contribution >= 0.6 is 0 Å². The summed E-state index contributed by atoms with van der Waals surface area (Å²) in [5, 5.41) is 0. The third-order valence-corrected chi connectivity index (χ3v) is 3.30. The highest BCUT2D eigenvalue weighted by Crippen LogP contribution is 2.33. The second kappa shape index (κ2) is 5.40. The van der Waals surface area contributed by atoms with Crippen molar-refractivity contribution in [3.8, 4) is 16.9 Å². The van der Waals surface area contributed by atoms with Crippen LogP contribution in [0.1, 0.15) is 10.5 Å². The summed E-state index contributed by atoms with van der Waals surface area (Å²) in [6.45, 7) is 0. The third-order valence-electron chi connectivity index (χ3n) is 3.30. The van der Waals surface area contributed by atoms with Gasteiger partial charge in [-0.1, -0.05) is 18.2 Å². The highest BCUT2D eigenvalue weighted by molar-refractivity contribution is 5.98. The van der Waals surface area contributed by atoms with E-state index < -0.39 is 5.91 Å². The Hall–Kier alpha value is -3.02. The van der Waals surface area contributed by atoms with Gasteiger partial charge < -0.3 is 10.5 Å². The molecule has 22 heavy (non-hydrogen) atoms. The lowest BCUT2D eigenvalue weighted by Crippen LogP contribution is -2.13. The number of nitrogens with two attached hydrogens (primary N) is 1. The minimum Gasteiger partial charge on any atom is -0.494 e. The van der Waals surface area contributed by atoms with Gasteiger partial charge in [-0.3, -0.25) is 9.78 Å². The summed E-state index contributed by atoms with van der Waals surface area (Å²) >= 11 is 0. The minimum atomic E-state index is -0.687. The van der Waals surface area contributed by atoms with E-state index in [1.807, 2.05) is 0 Å². The zero-order chi connectivity index (χ0) is 15.7.